The van der Waals surface area contributed by atoms with Crippen LogP contribution in [0.15, 0.2) is 60.8 Å². The Balaban J connectivity index is 1.32. The number of nitrogens with zero attached hydrogens (tertiary/aromatic N) is 1. The van der Waals surface area contributed by atoms with Crippen molar-refractivity contribution in [2.75, 3.05) is 18.5 Å². The first-order valence-electron chi connectivity index (χ1n) is 10.3. The number of nitrogens with one attached hydrogen (secondary N) is 1. The van der Waals surface area contributed by atoms with Crippen LogP contribution < -0.4 is 10.1 Å². The predicted octanol–water partition coefficient (Wildman–Crippen LogP) is 3.98. The maximum Gasteiger partial charge on any atom is 0.338 e. The number of esters is 1. The molecule has 4 rings (SSSR count). The summed E-state index contributed by atoms with van der Waals surface area (Å²) >= 11 is 0. The molecule has 1 amide bonds. The minimum absolute atomic E-state index is 0.126. The first kappa shape index (κ1) is 20.8. The number of fused-ring (bicyclic) bond motifs is 1. The standard InChI is InChI=1S/C24H24N2O5/c1-16(23(27)26-22-8-2-7-21-20(22)6-3-13-25-21)31-24(28)17-9-11-18(12-10-17)30-15-19-5-4-14-29-19/h2-3,6-13,16,19H,4-5,14-15H2,1H3,(H,26,27)/t16-,19+/m0/s1. The van der Waals surface area contributed by atoms with Crippen LogP contribution in [0.4, 0.5) is 5.69 Å². The van der Waals surface area contributed by atoms with Crippen molar-refractivity contribution in [1.82, 2.24) is 4.98 Å². The van der Waals surface area contributed by atoms with Crippen LogP contribution in [0.1, 0.15) is 30.1 Å². The van der Waals surface area contributed by atoms with Gasteiger partial charge in [0.1, 0.15) is 12.4 Å². The minimum atomic E-state index is -0.963. The Kier molecular flexibility index (Phi) is 6.43. The van der Waals surface area contributed by atoms with Crippen LogP contribution >= 0.6 is 0 Å². The molecule has 0 spiro atoms. The highest BCUT2D eigenvalue weighted by Gasteiger charge is 2.20. The van der Waals surface area contributed by atoms with Crippen LogP contribution in [0, 0.1) is 0 Å². The van der Waals surface area contributed by atoms with E-state index in [4.69, 9.17) is 14.2 Å². The third-order valence-electron chi connectivity index (χ3n) is 5.11. The summed E-state index contributed by atoms with van der Waals surface area (Å²) in [6, 6.07) is 15.8. The van der Waals surface area contributed by atoms with Crippen LogP contribution in [0.5, 0.6) is 5.75 Å². The van der Waals surface area contributed by atoms with E-state index in [1.54, 1.807) is 42.6 Å². The molecule has 1 aliphatic heterocycles. The first-order chi connectivity index (χ1) is 15.1. The lowest BCUT2D eigenvalue weighted by atomic mass is 10.1. The van der Waals surface area contributed by atoms with Gasteiger partial charge >= 0.3 is 5.97 Å². The molecule has 1 saturated heterocycles. The maximum atomic E-state index is 12.5. The molecule has 1 aromatic heterocycles. The number of benzene rings is 2. The summed E-state index contributed by atoms with van der Waals surface area (Å²) in [6.45, 7) is 2.81. The van der Waals surface area contributed by atoms with Gasteiger partial charge in [-0.15, -0.1) is 0 Å². The van der Waals surface area contributed by atoms with Gasteiger partial charge in [-0.3, -0.25) is 9.78 Å². The highest BCUT2D eigenvalue weighted by Crippen LogP contribution is 2.22. The molecule has 0 unspecified atom stereocenters. The van der Waals surface area contributed by atoms with Crippen molar-refractivity contribution in [1.29, 1.82) is 0 Å². The Hall–Kier alpha value is -3.45. The van der Waals surface area contributed by atoms with Gasteiger partial charge in [-0.25, -0.2) is 4.79 Å². The summed E-state index contributed by atoms with van der Waals surface area (Å²) in [5.41, 5.74) is 1.73. The summed E-state index contributed by atoms with van der Waals surface area (Å²) in [4.78, 5) is 29.2. The van der Waals surface area contributed by atoms with E-state index in [-0.39, 0.29) is 6.10 Å². The van der Waals surface area contributed by atoms with Gasteiger partial charge in [-0.05, 0) is 68.3 Å². The molecule has 0 aliphatic carbocycles. The zero-order chi connectivity index (χ0) is 21.6. The monoisotopic (exact) mass is 420 g/mol. The number of amides is 1. The fraction of sp³-hybridized carbons (Fsp3) is 0.292. The molecule has 2 heterocycles. The molecular formula is C24H24N2O5. The fourth-order valence-corrected chi connectivity index (χ4v) is 3.38. The number of hydrogen-bond donors (Lipinski definition) is 1. The van der Waals surface area contributed by atoms with Gasteiger partial charge in [-0.1, -0.05) is 6.07 Å². The lowest BCUT2D eigenvalue weighted by molar-refractivity contribution is -0.123. The van der Waals surface area contributed by atoms with Gasteiger partial charge in [-0.2, -0.15) is 0 Å². The second-order valence-electron chi connectivity index (χ2n) is 7.38. The van der Waals surface area contributed by atoms with E-state index in [0.717, 1.165) is 30.4 Å². The Morgan fingerprint density at radius 1 is 1.16 bits per heavy atom. The minimum Gasteiger partial charge on any atom is -0.491 e. The number of hydrogen-bond acceptors (Lipinski definition) is 6. The van der Waals surface area contributed by atoms with E-state index in [2.05, 4.69) is 10.3 Å². The molecule has 1 aliphatic rings. The molecule has 0 bridgehead atoms. The van der Waals surface area contributed by atoms with Crippen molar-refractivity contribution in [2.45, 2.75) is 32.0 Å². The highest BCUT2D eigenvalue weighted by molar-refractivity contribution is 6.03. The number of pyridine rings is 1. The summed E-state index contributed by atoms with van der Waals surface area (Å²) in [7, 11) is 0. The van der Waals surface area contributed by atoms with Gasteiger partial charge in [0.05, 0.1) is 22.9 Å². The Labute approximate surface area is 180 Å². The lowest BCUT2D eigenvalue weighted by Gasteiger charge is -2.15. The summed E-state index contributed by atoms with van der Waals surface area (Å²) in [6.07, 6.45) is 2.91. The van der Waals surface area contributed by atoms with Crippen LogP contribution in [0.3, 0.4) is 0 Å². The zero-order valence-electron chi connectivity index (χ0n) is 17.2. The lowest BCUT2D eigenvalue weighted by Crippen LogP contribution is -2.30. The molecule has 31 heavy (non-hydrogen) atoms. The molecular weight excluding hydrogens is 396 g/mol. The van der Waals surface area contributed by atoms with Gasteiger partial charge < -0.3 is 19.5 Å². The molecule has 0 saturated carbocycles. The van der Waals surface area contributed by atoms with E-state index >= 15 is 0 Å². The highest BCUT2D eigenvalue weighted by atomic mass is 16.5. The van der Waals surface area contributed by atoms with Gasteiger partial charge in [0.15, 0.2) is 6.10 Å². The van der Waals surface area contributed by atoms with E-state index in [1.807, 2.05) is 18.2 Å². The molecule has 3 aromatic rings. The molecule has 7 heteroatoms. The molecule has 7 nitrogen and oxygen atoms in total. The largest absolute Gasteiger partial charge is 0.491 e. The molecule has 0 radical (unpaired) electrons. The van der Waals surface area contributed by atoms with Crippen molar-refractivity contribution in [3.8, 4) is 5.75 Å². The Bertz CT molecular complexity index is 1060. The molecule has 1 N–H and O–H groups in total. The summed E-state index contributed by atoms with van der Waals surface area (Å²) < 4.78 is 16.6. The van der Waals surface area contributed by atoms with Crippen LogP contribution in [0.2, 0.25) is 0 Å². The maximum absolute atomic E-state index is 12.5. The third kappa shape index (κ3) is 5.19. The fourth-order valence-electron chi connectivity index (χ4n) is 3.38. The Morgan fingerprint density at radius 2 is 2.00 bits per heavy atom. The van der Waals surface area contributed by atoms with Crippen molar-refractivity contribution < 1.29 is 23.8 Å². The predicted molar refractivity (Wildman–Crippen MR) is 116 cm³/mol. The van der Waals surface area contributed by atoms with Gasteiger partial charge in [0, 0.05) is 18.2 Å². The number of rotatable bonds is 7. The first-order valence-corrected chi connectivity index (χ1v) is 10.3. The molecule has 1 fully saturated rings. The van der Waals surface area contributed by atoms with Crippen LogP contribution in [-0.2, 0) is 14.3 Å². The Morgan fingerprint density at radius 3 is 2.77 bits per heavy atom. The second kappa shape index (κ2) is 9.57. The normalized spacial score (nSPS) is 16.6. The van der Waals surface area contributed by atoms with E-state index < -0.39 is 18.0 Å². The number of ether oxygens (including phenoxy) is 3. The second-order valence-corrected chi connectivity index (χ2v) is 7.38. The van der Waals surface area contributed by atoms with Crippen molar-refractivity contribution in [2.24, 2.45) is 0 Å². The van der Waals surface area contributed by atoms with Crippen molar-refractivity contribution in [3.05, 3.63) is 66.4 Å². The SMILES string of the molecule is C[C@H](OC(=O)c1ccc(OC[C@H]2CCCO2)cc1)C(=O)Nc1cccc2ncccc12. The number of aromatic nitrogens is 1. The molecule has 2 atom stereocenters. The van der Waals surface area contributed by atoms with Gasteiger partial charge in [0.2, 0.25) is 0 Å². The summed E-state index contributed by atoms with van der Waals surface area (Å²) in [5.74, 6) is -0.337. The van der Waals surface area contributed by atoms with Gasteiger partial charge in [0.25, 0.3) is 5.91 Å². The average Bonchev–Trinajstić information content (AvgIpc) is 3.32. The summed E-state index contributed by atoms with van der Waals surface area (Å²) in [5, 5.41) is 3.62. The number of carbonyl (C=O) groups excluding carboxylic acids is 2. The number of carbonyl (C=O) groups is 2. The smallest absolute Gasteiger partial charge is 0.338 e. The van der Waals surface area contributed by atoms with Crippen LogP contribution in [-0.4, -0.2) is 42.3 Å². The molecule has 2 aromatic carbocycles. The van der Waals surface area contributed by atoms with E-state index in [9.17, 15) is 9.59 Å². The average molecular weight is 420 g/mol. The van der Waals surface area contributed by atoms with Crippen molar-refractivity contribution >= 4 is 28.5 Å². The number of anilines is 1. The van der Waals surface area contributed by atoms with Crippen LogP contribution in [0.25, 0.3) is 10.9 Å². The quantitative estimate of drug-likeness (QED) is 0.582. The molecule has 160 valence electrons. The third-order valence-corrected chi connectivity index (χ3v) is 5.11. The topological polar surface area (TPSA) is 86.8 Å². The van der Waals surface area contributed by atoms with Crippen molar-refractivity contribution in [3.63, 3.8) is 0 Å². The van der Waals surface area contributed by atoms with E-state index in [0.29, 0.717) is 23.6 Å². The van der Waals surface area contributed by atoms with E-state index in [1.165, 1.54) is 6.92 Å². The zero-order valence-corrected chi connectivity index (χ0v) is 17.2.